The van der Waals surface area contributed by atoms with Crippen LogP contribution in [0.2, 0.25) is 0 Å². The van der Waals surface area contributed by atoms with E-state index in [0.717, 1.165) is 23.0 Å². The van der Waals surface area contributed by atoms with Gasteiger partial charge >= 0.3 is 0 Å². The maximum absolute atomic E-state index is 8.80. The number of imidazole rings is 1. The molecule has 0 spiro atoms. The fourth-order valence-electron chi connectivity index (χ4n) is 1.53. The van der Waals surface area contributed by atoms with Gasteiger partial charge in [-0.2, -0.15) is 5.26 Å². The number of aromatic amines is 1. The van der Waals surface area contributed by atoms with E-state index in [0.29, 0.717) is 5.69 Å². The molecular formula is C12H10BrN3. The van der Waals surface area contributed by atoms with Crippen molar-refractivity contribution in [1.82, 2.24) is 9.97 Å². The van der Waals surface area contributed by atoms with Crippen molar-refractivity contribution in [3.05, 3.63) is 52.0 Å². The van der Waals surface area contributed by atoms with Gasteiger partial charge in [0.2, 0.25) is 0 Å². The number of rotatable bonds is 3. The summed E-state index contributed by atoms with van der Waals surface area (Å²) in [5.41, 5.74) is 2.66. The van der Waals surface area contributed by atoms with Crippen LogP contribution in [0.1, 0.15) is 17.0 Å². The predicted octanol–water partition coefficient (Wildman–Crippen LogP) is 2.83. The summed E-state index contributed by atoms with van der Waals surface area (Å²) in [6.45, 7) is 0. The molecule has 0 amide bonds. The van der Waals surface area contributed by atoms with Crippen molar-refractivity contribution in [1.29, 1.82) is 5.26 Å². The molecule has 0 saturated heterocycles. The van der Waals surface area contributed by atoms with E-state index < -0.39 is 0 Å². The third kappa shape index (κ3) is 2.50. The van der Waals surface area contributed by atoms with Crippen LogP contribution < -0.4 is 0 Å². The maximum Gasteiger partial charge on any atom is 0.161 e. The number of aryl methyl sites for hydroxylation is 2. The van der Waals surface area contributed by atoms with E-state index in [-0.39, 0.29) is 0 Å². The molecule has 0 atom stereocenters. The molecule has 1 aromatic carbocycles. The van der Waals surface area contributed by atoms with Crippen LogP contribution in [0, 0.1) is 11.3 Å². The van der Waals surface area contributed by atoms with Gasteiger partial charge in [0, 0.05) is 4.47 Å². The molecule has 0 saturated carbocycles. The third-order valence-corrected chi connectivity index (χ3v) is 2.93. The fourth-order valence-corrected chi connectivity index (χ4v) is 1.79. The maximum atomic E-state index is 8.80. The van der Waals surface area contributed by atoms with Gasteiger partial charge in [0.15, 0.2) is 5.69 Å². The van der Waals surface area contributed by atoms with Crippen molar-refractivity contribution in [2.45, 2.75) is 12.8 Å². The molecule has 3 nitrogen and oxygen atoms in total. The van der Waals surface area contributed by atoms with Gasteiger partial charge in [0.25, 0.3) is 0 Å². The zero-order valence-corrected chi connectivity index (χ0v) is 10.2. The molecule has 0 fully saturated rings. The first-order valence-corrected chi connectivity index (χ1v) is 5.75. The Balaban J connectivity index is 2.03. The summed E-state index contributed by atoms with van der Waals surface area (Å²) in [6.07, 6.45) is 3.28. The van der Waals surface area contributed by atoms with Gasteiger partial charge in [-0.3, -0.25) is 0 Å². The van der Waals surface area contributed by atoms with Gasteiger partial charge in [-0.05, 0) is 30.5 Å². The molecule has 0 aliphatic carbocycles. The van der Waals surface area contributed by atoms with Crippen LogP contribution in [0.25, 0.3) is 0 Å². The van der Waals surface area contributed by atoms with E-state index in [2.05, 4.69) is 44.1 Å². The van der Waals surface area contributed by atoms with Crippen LogP contribution in [0.15, 0.2) is 35.1 Å². The molecule has 1 heterocycles. The lowest BCUT2D eigenvalue weighted by Crippen LogP contribution is -1.94. The Morgan fingerprint density at radius 3 is 2.69 bits per heavy atom. The monoisotopic (exact) mass is 275 g/mol. The Bertz CT molecular complexity index is 508. The zero-order chi connectivity index (χ0) is 11.4. The smallest absolute Gasteiger partial charge is 0.161 e. The number of nitrogens with zero attached hydrogens (tertiary/aromatic N) is 2. The van der Waals surface area contributed by atoms with E-state index >= 15 is 0 Å². The summed E-state index contributed by atoms with van der Waals surface area (Å²) in [6, 6.07) is 10.3. The Morgan fingerprint density at radius 1 is 1.25 bits per heavy atom. The van der Waals surface area contributed by atoms with E-state index in [1.807, 2.05) is 12.1 Å². The Kier molecular flexibility index (Phi) is 3.37. The molecule has 1 aromatic heterocycles. The summed E-state index contributed by atoms with van der Waals surface area (Å²) in [5.74, 6) is 0. The number of hydrogen-bond donors (Lipinski definition) is 1. The second-order valence-corrected chi connectivity index (χ2v) is 4.38. The third-order valence-electron chi connectivity index (χ3n) is 2.40. The van der Waals surface area contributed by atoms with Gasteiger partial charge in [0.1, 0.15) is 6.07 Å². The van der Waals surface area contributed by atoms with Crippen LogP contribution in [0.5, 0.6) is 0 Å². The fraction of sp³-hybridized carbons (Fsp3) is 0.167. The molecule has 2 aromatic rings. The highest BCUT2D eigenvalue weighted by atomic mass is 79.9. The minimum atomic E-state index is 0.497. The Hall–Kier alpha value is -1.60. The zero-order valence-electron chi connectivity index (χ0n) is 8.57. The van der Waals surface area contributed by atoms with Crippen LogP contribution in [-0.2, 0) is 12.8 Å². The van der Waals surface area contributed by atoms with E-state index in [4.69, 9.17) is 5.26 Å². The number of H-pyrrole nitrogens is 1. The summed E-state index contributed by atoms with van der Waals surface area (Å²) < 4.78 is 1.08. The number of benzene rings is 1. The lowest BCUT2D eigenvalue weighted by Gasteiger charge is -2.00. The second-order valence-electron chi connectivity index (χ2n) is 3.47. The molecule has 16 heavy (non-hydrogen) atoms. The van der Waals surface area contributed by atoms with Crippen molar-refractivity contribution in [3.8, 4) is 6.07 Å². The molecular weight excluding hydrogens is 266 g/mol. The van der Waals surface area contributed by atoms with Crippen molar-refractivity contribution < 1.29 is 0 Å². The Labute approximate surface area is 102 Å². The normalized spacial score (nSPS) is 10.0. The number of nitriles is 1. The van der Waals surface area contributed by atoms with Crippen molar-refractivity contribution >= 4 is 15.9 Å². The Morgan fingerprint density at radius 2 is 2.00 bits per heavy atom. The lowest BCUT2D eigenvalue weighted by molar-refractivity contribution is 0.920. The summed E-state index contributed by atoms with van der Waals surface area (Å²) in [5, 5.41) is 8.80. The first kappa shape index (κ1) is 10.9. The molecule has 2 rings (SSSR count). The van der Waals surface area contributed by atoms with Crippen LogP contribution in [0.4, 0.5) is 0 Å². The highest BCUT2D eigenvalue weighted by molar-refractivity contribution is 9.10. The largest absolute Gasteiger partial charge is 0.347 e. The molecule has 0 aliphatic rings. The van der Waals surface area contributed by atoms with Crippen molar-refractivity contribution in [3.63, 3.8) is 0 Å². The van der Waals surface area contributed by atoms with Crippen LogP contribution in [0.3, 0.4) is 0 Å². The molecule has 4 heteroatoms. The molecule has 80 valence electrons. The lowest BCUT2D eigenvalue weighted by atomic mass is 10.1. The standard InChI is InChI=1S/C12H10BrN3/c13-10-4-1-9(2-5-10)3-6-11-12(7-14)16-8-15-11/h1-2,4-5,8H,3,6H2,(H,15,16). The average molecular weight is 276 g/mol. The van der Waals surface area contributed by atoms with Gasteiger partial charge < -0.3 is 4.98 Å². The highest BCUT2D eigenvalue weighted by Crippen LogP contribution is 2.13. The van der Waals surface area contributed by atoms with E-state index in [1.54, 1.807) is 6.33 Å². The SMILES string of the molecule is N#Cc1nc[nH]c1CCc1ccc(Br)cc1. The van der Waals surface area contributed by atoms with Gasteiger partial charge in [0.05, 0.1) is 12.0 Å². The summed E-state index contributed by atoms with van der Waals surface area (Å²) >= 11 is 3.40. The van der Waals surface area contributed by atoms with E-state index in [9.17, 15) is 0 Å². The van der Waals surface area contributed by atoms with Crippen molar-refractivity contribution in [2.24, 2.45) is 0 Å². The van der Waals surface area contributed by atoms with Gasteiger partial charge in [-0.15, -0.1) is 0 Å². The number of aromatic nitrogens is 2. The van der Waals surface area contributed by atoms with E-state index in [1.165, 1.54) is 5.56 Å². The number of hydrogen-bond acceptors (Lipinski definition) is 2. The molecule has 0 unspecified atom stereocenters. The topological polar surface area (TPSA) is 52.5 Å². The molecule has 0 radical (unpaired) electrons. The quantitative estimate of drug-likeness (QED) is 0.937. The van der Waals surface area contributed by atoms with Crippen molar-refractivity contribution in [2.75, 3.05) is 0 Å². The predicted molar refractivity (Wildman–Crippen MR) is 64.9 cm³/mol. The average Bonchev–Trinajstić information content (AvgIpc) is 2.76. The molecule has 0 bridgehead atoms. The first-order valence-electron chi connectivity index (χ1n) is 4.96. The molecule has 1 N–H and O–H groups in total. The number of nitrogens with one attached hydrogen (secondary N) is 1. The first-order chi connectivity index (χ1) is 7.79. The van der Waals surface area contributed by atoms with Gasteiger partial charge in [-0.25, -0.2) is 4.98 Å². The molecule has 0 aliphatic heterocycles. The highest BCUT2D eigenvalue weighted by Gasteiger charge is 2.04. The summed E-state index contributed by atoms with van der Waals surface area (Å²) in [4.78, 5) is 6.93. The minimum absolute atomic E-state index is 0.497. The van der Waals surface area contributed by atoms with Crippen LogP contribution in [-0.4, -0.2) is 9.97 Å². The minimum Gasteiger partial charge on any atom is -0.347 e. The number of halogens is 1. The van der Waals surface area contributed by atoms with Gasteiger partial charge in [-0.1, -0.05) is 28.1 Å². The summed E-state index contributed by atoms with van der Waals surface area (Å²) in [7, 11) is 0. The van der Waals surface area contributed by atoms with Crippen LogP contribution >= 0.6 is 15.9 Å². The second kappa shape index (κ2) is 4.95.